The summed E-state index contributed by atoms with van der Waals surface area (Å²) in [5, 5.41) is 0. The number of rotatable bonds is 3. The Morgan fingerprint density at radius 1 is 1.53 bits per heavy atom. The van der Waals surface area contributed by atoms with Crippen LogP contribution >= 0.6 is 11.8 Å². The molecule has 0 aromatic carbocycles. The number of carbonyl (C=O) groups is 1. The molecule has 5 nitrogen and oxygen atoms in total. The van der Waals surface area contributed by atoms with Crippen molar-refractivity contribution in [2.45, 2.75) is 18.9 Å². The van der Waals surface area contributed by atoms with E-state index in [9.17, 15) is 13.2 Å². The highest BCUT2D eigenvalue weighted by Gasteiger charge is 2.33. The third-order valence-corrected chi connectivity index (χ3v) is 6.30. The van der Waals surface area contributed by atoms with Crippen LogP contribution in [0.15, 0.2) is 0 Å². The fourth-order valence-electron chi connectivity index (χ4n) is 2.21. The molecular weight excluding hydrogens is 260 g/mol. The van der Waals surface area contributed by atoms with Crippen LogP contribution in [0.5, 0.6) is 0 Å². The smallest absolute Gasteiger partial charge is 0.250 e. The molecule has 2 aliphatic rings. The van der Waals surface area contributed by atoms with Crippen LogP contribution in [0.3, 0.4) is 0 Å². The van der Waals surface area contributed by atoms with E-state index in [0.717, 1.165) is 22.2 Å². The van der Waals surface area contributed by atoms with Gasteiger partial charge in [0.15, 0.2) is 0 Å². The Labute approximate surface area is 107 Å². The largest absolute Gasteiger partial charge is 0.294 e. The molecule has 2 saturated heterocycles. The number of hydrogen-bond acceptors (Lipinski definition) is 5. The van der Waals surface area contributed by atoms with Gasteiger partial charge in [0.2, 0.25) is 15.9 Å². The highest BCUT2D eigenvalue weighted by Crippen LogP contribution is 2.22. The molecule has 2 fully saturated rings. The maximum absolute atomic E-state index is 11.9. The van der Waals surface area contributed by atoms with Crippen molar-refractivity contribution in [3.63, 3.8) is 0 Å². The lowest BCUT2D eigenvalue weighted by Crippen LogP contribution is -2.43. The van der Waals surface area contributed by atoms with Crippen molar-refractivity contribution >= 4 is 27.7 Å². The van der Waals surface area contributed by atoms with Crippen molar-refractivity contribution in [3.05, 3.63) is 0 Å². The maximum Gasteiger partial charge on any atom is 0.250 e. The minimum Gasteiger partial charge on any atom is -0.294 e. The Bertz CT molecular complexity index is 390. The first-order valence-electron chi connectivity index (χ1n) is 5.82. The Morgan fingerprint density at radius 3 is 2.82 bits per heavy atom. The molecule has 0 N–H and O–H groups in total. The molecule has 2 rings (SSSR count). The van der Waals surface area contributed by atoms with Gasteiger partial charge in [-0.15, -0.1) is 0 Å². The van der Waals surface area contributed by atoms with Crippen LogP contribution in [0.25, 0.3) is 0 Å². The summed E-state index contributed by atoms with van der Waals surface area (Å²) in [6, 6.07) is 0.411. The van der Waals surface area contributed by atoms with Gasteiger partial charge in [-0.3, -0.25) is 9.69 Å². The monoisotopic (exact) mass is 278 g/mol. The first kappa shape index (κ1) is 13.2. The minimum absolute atomic E-state index is 0.113. The number of carbonyl (C=O) groups excluding carboxylic acids is 1. The van der Waals surface area contributed by atoms with Crippen LogP contribution < -0.4 is 0 Å². The second kappa shape index (κ2) is 5.16. The normalized spacial score (nSPS) is 27.9. The lowest BCUT2D eigenvalue weighted by atomic mass is 10.2. The predicted octanol–water partition coefficient (Wildman–Crippen LogP) is -0.0142. The van der Waals surface area contributed by atoms with Crippen LogP contribution in [-0.2, 0) is 14.8 Å². The summed E-state index contributed by atoms with van der Waals surface area (Å²) in [5.74, 6) is 2.01. The lowest BCUT2D eigenvalue weighted by Gasteiger charge is -2.25. The number of amides is 1. The molecular formula is C10H18N2O3S2. The first-order valence-corrected chi connectivity index (χ1v) is 8.58. The van der Waals surface area contributed by atoms with Crippen LogP contribution in [0, 0.1) is 0 Å². The third-order valence-electron chi connectivity index (χ3n) is 3.29. The number of likely N-dealkylation sites (N-methyl/N-ethyl adjacent to an activating group) is 1. The van der Waals surface area contributed by atoms with Crippen molar-refractivity contribution in [3.8, 4) is 0 Å². The zero-order chi connectivity index (χ0) is 12.5. The minimum atomic E-state index is -3.30. The molecule has 0 bridgehead atoms. The van der Waals surface area contributed by atoms with Gasteiger partial charge < -0.3 is 0 Å². The van der Waals surface area contributed by atoms with Gasteiger partial charge in [-0.05, 0) is 25.6 Å². The topological polar surface area (TPSA) is 57.7 Å². The summed E-state index contributed by atoms with van der Waals surface area (Å²) in [7, 11) is -1.40. The summed E-state index contributed by atoms with van der Waals surface area (Å²) in [5.41, 5.74) is 0. The van der Waals surface area contributed by atoms with Crippen molar-refractivity contribution in [2.24, 2.45) is 0 Å². The molecule has 0 unspecified atom stereocenters. The van der Waals surface area contributed by atoms with E-state index in [4.69, 9.17) is 0 Å². The first-order chi connectivity index (χ1) is 8.00. The fourth-order valence-corrected chi connectivity index (χ4v) is 5.00. The van der Waals surface area contributed by atoms with Crippen LogP contribution in [0.4, 0.5) is 0 Å². The molecule has 0 aliphatic carbocycles. The molecule has 98 valence electrons. The molecule has 0 aromatic heterocycles. The van der Waals surface area contributed by atoms with E-state index >= 15 is 0 Å². The Balaban J connectivity index is 1.92. The van der Waals surface area contributed by atoms with Gasteiger partial charge in [-0.2, -0.15) is 11.8 Å². The highest BCUT2D eigenvalue weighted by molar-refractivity contribution is 7.99. The number of nitrogens with zero attached hydrogens (tertiary/aromatic N) is 2. The van der Waals surface area contributed by atoms with Crippen molar-refractivity contribution in [2.75, 3.05) is 37.4 Å². The Hall–Kier alpha value is -0.270. The van der Waals surface area contributed by atoms with Crippen LogP contribution in [-0.4, -0.2) is 67.0 Å². The molecule has 0 radical (unpaired) electrons. The second-order valence-corrected chi connectivity index (χ2v) is 7.73. The van der Waals surface area contributed by atoms with Crippen molar-refractivity contribution in [1.29, 1.82) is 0 Å². The van der Waals surface area contributed by atoms with E-state index in [1.807, 2.05) is 23.7 Å². The average Bonchev–Trinajstić information content (AvgIpc) is 2.85. The predicted molar refractivity (Wildman–Crippen MR) is 68.5 cm³/mol. The number of thioether (sulfide) groups is 1. The Morgan fingerprint density at radius 2 is 2.29 bits per heavy atom. The molecule has 2 aliphatic heterocycles. The zero-order valence-electron chi connectivity index (χ0n) is 9.96. The molecule has 1 atom stereocenters. The summed E-state index contributed by atoms with van der Waals surface area (Å²) in [4.78, 5) is 13.9. The fraction of sp³-hybridized carbons (Fsp3) is 0.900. The molecule has 0 aromatic rings. The average molecular weight is 278 g/mol. The van der Waals surface area contributed by atoms with E-state index in [1.165, 1.54) is 0 Å². The lowest BCUT2D eigenvalue weighted by molar-refractivity contribution is -0.127. The SMILES string of the molecule is CN(CC(=O)N1CCCS1(=O)=O)[C@@H]1CCSC1. The van der Waals surface area contributed by atoms with Gasteiger partial charge >= 0.3 is 0 Å². The quantitative estimate of drug-likeness (QED) is 0.726. The summed E-state index contributed by atoms with van der Waals surface area (Å²) in [6.07, 6.45) is 1.65. The number of sulfonamides is 1. The van der Waals surface area contributed by atoms with E-state index in [-0.39, 0.29) is 18.2 Å². The standard InChI is InChI=1S/C10H18N2O3S2/c1-11(9-3-5-16-8-9)7-10(13)12-4-2-6-17(12,14)15/h9H,2-8H2,1H3/t9-/m1/s1. The maximum atomic E-state index is 11.9. The van der Waals surface area contributed by atoms with Crippen LogP contribution in [0.2, 0.25) is 0 Å². The van der Waals surface area contributed by atoms with E-state index < -0.39 is 10.0 Å². The highest BCUT2D eigenvalue weighted by atomic mass is 32.2. The van der Waals surface area contributed by atoms with Crippen molar-refractivity contribution in [1.82, 2.24) is 9.21 Å². The summed E-state index contributed by atoms with van der Waals surface area (Å²) in [6.45, 7) is 0.568. The van der Waals surface area contributed by atoms with Gasteiger partial charge in [0.25, 0.3) is 0 Å². The second-order valence-electron chi connectivity index (χ2n) is 4.57. The summed E-state index contributed by atoms with van der Waals surface area (Å²) < 4.78 is 24.2. The molecule has 1 amide bonds. The van der Waals surface area contributed by atoms with Gasteiger partial charge in [0.1, 0.15) is 0 Å². The van der Waals surface area contributed by atoms with Gasteiger partial charge in [-0.25, -0.2) is 12.7 Å². The van der Waals surface area contributed by atoms with Crippen LogP contribution in [0.1, 0.15) is 12.8 Å². The summed E-state index contributed by atoms with van der Waals surface area (Å²) >= 11 is 1.88. The molecule has 0 saturated carbocycles. The molecule has 17 heavy (non-hydrogen) atoms. The van der Waals surface area contributed by atoms with Crippen molar-refractivity contribution < 1.29 is 13.2 Å². The van der Waals surface area contributed by atoms with Gasteiger partial charge in [0.05, 0.1) is 12.3 Å². The van der Waals surface area contributed by atoms with E-state index in [1.54, 1.807) is 0 Å². The van der Waals surface area contributed by atoms with Gasteiger partial charge in [-0.1, -0.05) is 0 Å². The zero-order valence-corrected chi connectivity index (χ0v) is 11.6. The molecule has 2 heterocycles. The van der Waals surface area contributed by atoms with E-state index in [2.05, 4.69) is 0 Å². The Kier molecular flexibility index (Phi) is 3.99. The third kappa shape index (κ3) is 2.95. The van der Waals surface area contributed by atoms with E-state index in [0.29, 0.717) is 19.0 Å². The molecule has 0 spiro atoms. The molecule has 7 heteroatoms. The number of hydrogen-bond donors (Lipinski definition) is 0. The van der Waals surface area contributed by atoms with Gasteiger partial charge in [0, 0.05) is 18.3 Å².